The first-order chi connectivity index (χ1) is 11.3. The molecule has 0 bridgehead atoms. The van der Waals surface area contributed by atoms with E-state index in [9.17, 15) is 0 Å². The summed E-state index contributed by atoms with van der Waals surface area (Å²) in [6.07, 6.45) is 1.16. The van der Waals surface area contributed by atoms with Gasteiger partial charge in [0, 0.05) is 10.8 Å². The minimum atomic E-state index is 0.145. The van der Waals surface area contributed by atoms with E-state index in [1.54, 1.807) is 5.56 Å². The Morgan fingerprint density at radius 3 is 1.96 bits per heavy atom. The van der Waals surface area contributed by atoms with Crippen molar-refractivity contribution >= 4 is 0 Å². The molecule has 23 heavy (non-hydrogen) atoms. The van der Waals surface area contributed by atoms with Crippen LogP contribution in [0.2, 0.25) is 0 Å². The molecule has 0 aromatic heterocycles. The lowest BCUT2D eigenvalue weighted by molar-refractivity contribution is 0.623. The van der Waals surface area contributed by atoms with Gasteiger partial charge in [-0.15, -0.1) is 0 Å². The Morgan fingerprint density at radius 1 is 0.696 bits per heavy atom. The Balaban J connectivity index is 1.82. The monoisotopic (exact) mass is 296 g/mol. The highest BCUT2D eigenvalue weighted by Crippen LogP contribution is 2.78. The van der Waals surface area contributed by atoms with Crippen molar-refractivity contribution in [3.05, 3.63) is 107 Å². The van der Waals surface area contributed by atoms with Crippen LogP contribution in [0.4, 0.5) is 0 Å². The Morgan fingerprint density at radius 2 is 1.26 bits per heavy atom. The van der Waals surface area contributed by atoms with Gasteiger partial charge in [0.2, 0.25) is 0 Å². The molecule has 5 rings (SSSR count). The van der Waals surface area contributed by atoms with E-state index in [2.05, 4.69) is 91.9 Å². The average Bonchev–Trinajstić information content (AvgIpc) is 3.01. The molecule has 2 aliphatic rings. The molecule has 0 aliphatic heterocycles. The third-order valence-corrected chi connectivity index (χ3v) is 6.44. The van der Waals surface area contributed by atoms with Gasteiger partial charge < -0.3 is 0 Å². The van der Waals surface area contributed by atoms with Gasteiger partial charge in [-0.2, -0.15) is 0 Å². The second kappa shape index (κ2) is 4.35. The van der Waals surface area contributed by atoms with Gasteiger partial charge in [0.1, 0.15) is 0 Å². The van der Waals surface area contributed by atoms with Crippen LogP contribution < -0.4 is 0 Å². The molecule has 0 unspecified atom stereocenters. The second-order valence-corrected chi connectivity index (χ2v) is 7.07. The summed E-state index contributed by atoms with van der Waals surface area (Å²) in [6, 6.07) is 31.4. The first kappa shape index (κ1) is 13.1. The number of hydrogen-bond acceptors (Lipinski definition) is 0. The molecule has 1 fully saturated rings. The predicted octanol–water partition coefficient (Wildman–Crippen LogP) is 5.12. The maximum absolute atomic E-state index is 2.44. The Kier molecular flexibility index (Phi) is 2.48. The van der Waals surface area contributed by atoms with Crippen LogP contribution in [0, 0.1) is 5.92 Å². The minimum Gasteiger partial charge on any atom is -0.0622 e. The number of rotatable bonds is 2. The van der Waals surface area contributed by atoms with Gasteiger partial charge in [0.25, 0.3) is 0 Å². The van der Waals surface area contributed by atoms with Crippen LogP contribution in [0.25, 0.3) is 0 Å². The molecule has 0 heterocycles. The summed E-state index contributed by atoms with van der Waals surface area (Å²) in [7, 11) is 0. The number of benzene rings is 3. The molecule has 0 amide bonds. The predicted molar refractivity (Wildman–Crippen MR) is 94.7 cm³/mol. The van der Waals surface area contributed by atoms with E-state index in [1.807, 2.05) is 0 Å². The SMILES string of the molecule is C[C@H]1[C@]2(c3ccccc3)c3ccccc3C[C@]12c1ccccc1. The first-order valence-corrected chi connectivity index (χ1v) is 8.51. The topological polar surface area (TPSA) is 0 Å². The fraction of sp³-hybridized carbons (Fsp3) is 0.217. The fourth-order valence-corrected chi connectivity index (χ4v) is 5.54. The van der Waals surface area contributed by atoms with Gasteiger partial charge in [-0.1, -0.05) is 91.9 Å². The van der Waals surface area contributed by atoms with Gasteiger partial charge in [-0.25, -0.2) is 0 Å². The average molecular weight is 296 g/mol. The molecule has 1 saturated carbocycles. The Labute approximate surface area is 137 Å². The lowest BCUT2D eigenvalue weighted by Gasteiger charge is -2.21. The van der Waals surface area contributed by atoms with Crippen LogP contribution >= 0.6 is 0 Å². The third-order valence-electron chi connectivity index (χ3n) is 6.44. The molecule has 0 N–H and O–H groups in total. The van der Waals surface area contributed by atoms with E-state index in [0.717, 1.165) is 6.42 Å². The molecular formula is C23H20. The second-order valence-electron chi connectivity index (χ2n) is 7.07. The van der Waals surface area contributed by atoms with Crippen LogP contribution in [-0.2, 0) is 17.3 Å². The van der Waals surface area contributed by atoms with Crippen molar-refractivity contribution in [1.29, 1.82) is 0 Å². The summed E-state index contributed by atoms with van der Waals surface area (Å²) in [5.41, 5.74) is 6.40. The van der Waals surface area contributed by atoms with E-state index >= 15 is 0 Å². The maximum atomic E-state index is 2.44. The van der Waals surface area contributed by atoms with Crippen LogP contribution in [0.15, 0.2) is 84.9 Å². The van der Waals surface area contributed by atoms with Crippen molar-refractivity contribution in [2.75, 3.05) is 0 Å². The van der Waals surface area contributed by atoms with Gasteiger partial charge in [0.15, 0.2) is 0 Å². The molecule has 3 atom stereocenters. The van der Waals surface area contributed by atoms with Gasteiger partial charge in [-0.3, -0.25) is 0 Å². The van der Waals surface area contributed by atoms with E-state index in [1.165, 1.54) is 16.7 Å². The maximum Gasteiger partial charge on any atom is 0.0342 e. The summed E-state index contributed by atoms with van der Waals surface area (Å²) >= 11 is 0. The summed E-state index contributed by atoms with van der Waals surface area (Å²) < 4.78 is 0. The van der Waals surface area contributed by atoms with Crippen LogP contribution in [0.5, 0.6) is 0 Å². The van der Waals surface area contributed by atoms with Crippen molar-refractivity contribution in [2.24, 2.45) is 5.92 Å². The molecule has 0 nitrogen and oxygen atoms in total. The van der Waals surface area contributed by atoms with E-state index < -0.39 is 0 Å². The first-order valence-electron chi connectivity index (χ1n) is 8.51. The van der Waals surface area contributed by atoms with Gasteiger partial charge in [0.05, 0.1) is 0 Å². The molecular weight excluding hydrogens is 276 g/mol. The van der Waals surface area contributed by atoms with Crippen LogP contribution in [0.3, 0.4) is 0 Å². The van der Waals surface area contributed by atoms with Crippen molar-refractivity contribution in [2.45, 2.75) is 24.2 Å². The van der Waals surface area contributed by atoms with Crippen molar-refractivity contribution < 1.29 is 0 Å². The normalized spacial score (nSPS) is 30.6. The zero-order chi connectivity index (χ0) is 15.5. The number of fused-ring (bicyclic) bond motifs is 3. The fourth-order valence-electron chi connectivity index (χ4n) is 5.54. The highest BCUT2D eigenvalue weighted by atomic mass is 14.8. The van der Waals surface area contributed by atoms with E-state index in [4.69, 9.17) is 0 Å². The zero-order valence-electron chi connectivity index (χ0n) is 13.4. The van der Waals surface area contributed by atoms with Crippen LogP contribution in [0.1, 0.15) is 29.2 Å². The molecule has 3 aromatic rings. The van der Waals surface area contributed by atoms with Crippen molar-refractivity contribution in [3.63, 3.8) is 0 Å². The summed E-state index contributed by atoms with van der Waals surface area (Å²) in [6.45, 7) is 2.44. The molecule has 0 saturated heterocycles. The molecule has 0 heteroatoms. The highest BCUT2D eigenvalue weighted by Gasteiger charge is 2.78. The van der Waals surface area contributed by atoms with E-state index in [0.29, 0.717) is 5.92 Å². The molecule has 2 aliphatic carbocycles. The summed E-state index contributed by atoms with van der Waals surface area (Å²) in [4.78, 5) is 0. The Bertz CT molecular complexity index is 865. The zero-order valence-corrected chi connectivity index (χ0v) is 13.4. The Hall–Kier alpha value is -2.34. The quantitative estimate of drug-likeness (QED) is 0.616. The van der Waals surface area contributed by atoms with Crippen LogP contribution in [-0.4, -0.2) is 0 Å². The lowest BCUT2D eigenvalue weighted by Crippen LogP contribution is -2.19. The number of hydrogen-bond donors (Lipinski definition) is 0. The van der Waals surface area contributed by atoms with Gasteiger partial charge >= 0.3 is 0 Å². The molecule has 0 radical (unpaired) electrons. The van der Waals surface area contributed by atoms with E-state index in [-0.39, 0.29) is 10.8 Å². The third kappa shape index (κ3) is 1.38. The molecule has 0 spiro atoms. The minimum absolute atomic E-state index is 0.145. The highest BCUT2D eigenvalue weighted by molar-refractivity contribution is 5.67. The molecule has 112 valence electrons. The molecule has 3 aromatic carbocycles. The van der Waals surface area contributed by atoms with Crippen molar-refractivity contribution in [3.8, 4) is 0 Å². The standard InChI is InChI=1S/C23H20/c1-17-22(19-11-4-2-5-12-19)16-18-10-8-9-15-21(18)23(17,22)20-13-6-3-7-14-20/h2-15,17H,16H2,1H3/t17-,22-,23+/m1/s1. The largest absolute Gasteiger partial charge is 0.0622 e. The summed E-state index contributed by atoms with van der Waals surface area (Å²) in [5.74, 6) is 0.634. The van der Waals surface area contributed by atoms with Gasteiger partial charge in [-0.05, 0) is 34.6 Å². The summed E-state index contributed by atoms with van der Waals surface area (Å²) in [5, 5.41) is 0. The smallest absolute Gasteiger partial charge is 0.0342 e. The van der Waals surface area contributed by atoms with Crippen molar-refractivity contribution in [1.82, 2.24) is 0 Å². The lowest BCUT2D eigenvalue weighted by atomic mass is 9.82.